The minimum Gasteiger partial charge on any atom is -0.398 e. The Morgan fingerprint density at radius 2 is 2.39 bits per heavy atom. The molecule has 1 fully saturated rings. The summed E-state index contributed by atoms with van der Waals surface area (Å²) in [6, 6.07) is 5.33. The monoisotopic (exact) mass is 250 g/mol. The van der Waals surface area contributed by atoms with Crippen LogP contribution in [-0.4, -0.2) is 36.4 Å². The van der Waals surface area contributed by atoms with E-state index in [0.29, 0.717) is 24.3 Å². The molecule has 1 aliphatic heterocycles. The molecule has 0 aliphatic carbocycles. The van der Waals surface area contributed by atoms with E-state index < -0.39 is 5.60 Å². The predicted octanol–water partition coefficient (Wildman–Crippen LogP) is 0.458. The molecule has 4 N–H and O–H groups in total. The number of amides is 1. The van der Waals surface area contributed by atoms with E-state index in [4.69, 9.17) is 10.5 Å². The van der Waals surface area contributed by atoms with E-state index in [9.17, 15) is 9.90 Å². The first kappa shape index (κ1) is 12.9. The number of benzene rings is 1. The van der Waals surface area contributed by atoms with Crippen LogP contribution >= 0.6 is 0 Å². The van der Waals surface area contributed by atoms with E-state index in [0.717, 1.165) is 5.56 Å². The second kappa shape index (κ2) is 4.96. The SMILES string of the molecule is Cc1cccc(N)c1C(=O)NCC1(O)CCOC1. The zero-order valence-corrected chi connectivity index (χ0v) is 10.4. The summed E-state index contributed by atoms with van der Waals surface area (Å²) in [5.41, 5.74) is 6.58. The molecule has 1 unspecified atom stereocenters. The average molecular weight is 250 g/mol. The third-order valence-electron chi connectivity index (χ3n) is 3.19. The van der Waals surface area contributed by atoms with E-state index in [1.54, 1.807) is 12.1 Å². The first-order valence-electron chi connectivity index (χ1n) is 5.95. The summed E-state index contributed by atoms with van der Waals surface area (Å²) in [6.45, 7) is 2.80. The third-order valence-corrected chi connectivity index (χ3v) is 3.19. The highest BCUT2D eigenvalue weighted by Crippen LogP contribution is 2.19. The number of hydrogen-bond donors (Lipinski definition) is 3. The Balaban J connectivity index is 2.04. The molecule has 1 heterocycles. The van der Waals surface area contributed by atoms with Gasteiger partial charge in [0.2, 0.25) is 0 Å². The van der Waals surface area contributed by atoms with Gasteiger partial charge in [0.1, 0.15) is 5.60 Å². The van der Waals surface area contributed by atoms with Crippen molar-refractivity contribution < 1.29 is 14.6 Å². The van der Waals surface area contributed by atoms with Gasteiger partial charge in [-0.05, 0) is 18.6 Å². The van der Waals surface area contributed by atoms with Gasteiger partial charge in [0.05, 0.1) is 12.2 Å². The number of aliphatic hydroxyl groups is 1. The van der Waals surface area contributed by atoms with Crippen molar-refractivity contribution in [1.82, 2.24) is 5.32 Å². The van der Waals surface area contributed by atoms with Crippen molar-refractivity contribution in [3.63, 3.8) is 0 Å². The normalized spacial score (nSPS) is 23.0. The van der Waals surface area contributed by atoms with Gasteiger partial charge >= 0.3 is 0 Å². The van der Waals surface area contributed by atoms with Crippen molar-refractivity contribution in [2.24, 2.45) is 0 Å². The van der Waals surface area contributed by atoms with Crippen LogP contribution in [0.25, 0.3) is 0 Å². The van der Waals surface area contributed by atoms with Crippen LogP contribution in [0.3, 0.4) is 0 Å². The quantitative estimate of drug-likeness (QED) is 0.680. The summed E-state index contributed by atoms with van der Waals surface area (Å²) in [5.74, 6) is -0.258. The van der Waals surface area contributed by atoms with Crippen LogP contribution in [0.5, 0.6) is 0 Å². The molecule has 5 nitrogen and oxygen atoms in total. The smallest absolute Gasteiger partial charge is 0.253 e. The first-order chi connectivity index (χ1) is 8.52. The minimum absolute atomic E-state index is 0.180. The van der Waals surface area contributed by atoms with Crippen LogP contribution in [0.4, 0.5) is 5.69 Å². The van der Waals surface area contributed by atoms with Gasteiger partial charge in [-0.25, -0.2) is 0 Å². The zero-order chi connectivity index (χ0) is 13.2. The van der Waals surface area contributed by atoms with Crippen LogP contribution in [0.2, 0.25) is 0 Å². The lowest BCUT2D eigenvalue weighted by atomic mass is 10.0. The molecular weight excluding hydrogens is 232 g/mol. The number of anilines is 1. The summed E-state index contributed by atoms with van der Waals surface area (Å²) in [5, 5.41) is 12.8. The molecule has 5 heteroatoms. The van der Waals surface area contributed by atoms with Crippen LogP contribution in [0, 0.1) is 6.92 Å². The maximum atomic E-state index is 12.0. The van der Waals surface area contributed by atoms with Gasteiger partial charge in [-0.15, -0.1) is 0 Å². The Morgan fingerprint density at radius 3 is 3.00 bits per heavy atom. The highest BCUT2D eigenvalue weighted by molar-refractivity contribution is 6.00. The summed E-state index contributed by atoms with van der Waals surface area (Å²) < 4.78 is 5.12. The van der Waals surface area contributed by atoms with Crippen LogP contribution in [0.1, 0.15) is 22.3 Å². The van der Waals surface area contributed by atoms with Gasteiger partial charge < -0.3 is 20.9 Å². The minimum atomic E-state index is -0.951. The maximum Gasteiger partial charge on any atom is 0.253 e. The standard InChI is InChI=1S/C13H18N2O3/c1-9-3-2-4-10(14)11(9)12(16)15-7-13(17)5-6-18-8-13/h2-4,17H,5-8,14H2,1H3,(H,15,16). The van der Waals surface area contributed by atoms with Gasteiger partial charge in [-0.3, -0.25) is 4.79 Å². The second-order valence-electron chi connectivity index (χ2n) is 4.75. The number of nitrogen functional groups attached to an aromatic ring is 1. The number of ether oxygens (including phenoxy) is 1. The molecule has 2 rings (SSSR count). The molecule has 1 amide bonds. The molecule has 18 heavy (non-hydrogen) atoms. The highest BCUT2D eigenvalue weighted by Gasteiger charge is 2.32. The van der Waals surface area contributed by atoms with Crippen LogP contribution in [-0.2, 0) is 4.74 Å². The molecular formula is C13H18N2O3. The lowest BCUT2D eigenvalue weighted by Gasteiger charge is -2.21. The summed E-state index contributed by atoms with van der Waals surface area (Å²) >= 11 is 0. The highest BCUT2D eigenvalue weighted by atomic mass is 16.5. The molecule has 1 atom stereocenters. The first-order valence-corrected chi connectivity index (χ1v) is 5.95. The average Bonchev–Trinajstić information content (AvgIpc) is 2.74. The molecule has 1 aromatic carbocycles. The summed E-state index contributed by atoms with van der Waals surface area (Å²) in [7, 11) is 0. The van der Waals surface area contributed by atoms with Gasteiger partial charge in [0.25, 0.3) is 5.91 Å². The van der Waals surface area contributed by atoms with Crippen molar-refractivity contribution in [1.29, 1.82) is 0 Å². The number of hydrogen-bond acceptors (Lipinski definition) is 4. The maximum absolute atomic E-state index is 12.0. The lowest BCUT2D eigenvalue weighted by molar-refractivity contribution is 0.0264. The number of carbonyl (C=O) groups is 1. The molecule has 0 spiro atoms. The van der Waals surface area contributed by atoms with Gasteiger partial charge in [0, 0.05) is 25.3 Å². The molecule has 1 aliphatic rings. The van der Waals surface area contributed by atoms with Crippen molar-refractivity contribution >= 4 is 11.6 Å². The second-order valence-corrected chi connectivity index (χ2v) is 4.75. The Kier molecular flexibility index (Phi) is 3.54. The molecule has 0 bridgehead atoms. The summed E-state index contributed by atoms with van der Waals surface area (Å²) in [6.07, 6.45) is 0.538. The molecule has 1 saturated heterocycles. The van der Waals surface area contributed by atoms with Gasteiger partial charge in [0.15, 0.2) is 0 Å². The van der Waals surface area contributed by atoms with Crippen molar-refractivity contribution in [2.45, 2.75) is 18.9 Å². The molecule has 0 saturated carbocycles. The van der Waals surface area contributed by atoms with E-state index in [2.05, 4.69) is 5.32 Å². The van der Waals surface area contributed by atoms with Gasteiger partial charge in [-0.1, -0.05) is 12.1 Å². The largest absolute Gasteiger partial charge is 0.398 e. The fourth-order valence-electron chi connectivity index (χ4n) is 2.07. The van der Waals surface area contributed by atoms with E-state index in [1.807, 2.05) is 13.0 Å². The lowest BCUT2D eigenvalue weighted by Crippen LogP contribution is -2.43. The fraction of sp³-hybridized carbons (Fsp3) is 0.462. The Hall–Kier alpha value is -1.59. The van der Waals surface area contributed by atoms with Crippen molar-refractivity contribution in [3.05, 3.63) is 29.3 Å². The van der Waals surface area contributed by atoms with E-state index in [1.165, 1.54) is 0 Å². The van der Waals surface area contributed by atoms with Crippen LogP contribution in [0.15, 0.2) is 18.2 Å². The number of carbonyl (C=O) groups excluding carboxylic acids is 1. The number of rotatable bonds is 3. The third kappa shape index (κ3) is 2.63. The number of aryl methyl sites for hydroxylation is 1. The molecule has 0 radical (unpaired) electrons. The Labute approximate surface area is 106 Å². The van der Waals surface area contributed by atoms with Gasteiger partial charge in [-0.2, -0.15) is 0 Å². The molecule has 1 aromatic rings. The predicted molar refractivity (Wildman–Crippen MR) is 68.3 cm³/mol. The molecule has 98 valence electrons. The zero-order valence-electron chi connectivity index (χ0n) is 10.4. The van der Waals surface area contributed by atoms with Crippen LogP contribution < -0.4 is 11.1 Å². The fourth-order valence-corrected chi connectivity index (χ4v) is 2.07. The number of nitrogens with one attached hydrogen (secondary N) is 1. The Bertz CT molecular complexity index is 433. The molecule has 0 aromatic heterocycles. The van der Waals surface area contributed by atoms with Crippen molar-refractivity contribution in [2.75, 3.05) is 25.5 Å². The van der Waals surface area contributed by atoms with Crippen molar-refractivity contribution in [3.8, 4) is 0 Å². The Morgan fingerprint density at radius 1 is 1.61 bits per heavy atom. The summed E-state index contributed by atoms with van der Waals surface area (Å²) in [4.78, 5) is 12.0. The van der Waals surface area contributed by atoms with E-state index >= 15 is 0 Å². The van der Waals surface area contributed by atoms with E-state index in [-0.39, 0.29) is 19.1 Å². The number of nitrogens with two attached hydrogens (primary N) is 1. The topological polar surface area (TPSA) is 84.6 Å².